The minimum atomic E-state index is -0.437. The molecule has 1 aromatic rings. The molecule has 2 saturated carbocycles. The second-order valence-corrected chi connectivity index (χ2v) is 5.80. The van der Waals surface area contributed by atoms with Gasteiger partial charge in [-0.3, -0.25) is 4.68 Å². The molecule has 2 aliphatic carbocycles. The molecule has 2 fully saturated rings. The third kappa shape index (κ3) is 1.84. The average Bonchev–Trinajstić information content (AvgIpc) is 2.96. The van der Waals surface area contributed by atoms with E-state index in [9.17, 15) is 5.11 Å². The number of nitrogens with two attached hydrogens (primary N) is 1. The quantitative estimate of drug-likeness (QED) is 0.840. The Morgan fingerprint density at radius 1 is 1.53 bits per heavy atom. The molecule has 0 aromatic carbocycles. The van der Waals surface area contributed by atoms with E-state index >= 15 is 0 Å². The van der Waals surface area contributed by atoms with Gasteiger partial charge in [-0.15, -0.1) is 0 Å². The molecular formula is C13H21N3O. The maximum absolute atomic E-state index is 10.3. The second kappa shape index (κ2) is 4.02. The summed E-state index contributed by atoms with van der Waals surface area (Å²) in [6.45, 7) is 0. The Hall–Kier alpha value is -1.03. The van der Waals surface area contributed by atoms with Crippen molar-refractivity contribution >= 4 is 5.82 Å². The second-order valence-electron chi connectivity index (χ2n) is 5.80. The third-order valence-electron chi connectivity index (χ3n) is 4.78. The molecule has 0 spiro atoms. The van der Waals surface area contributed by atoms with Gasteiger partial charge < -0.3 is 10.8 Å². The summed E-state index contributed by atoms with van der Waals surface area (Å²) in [5.74, 6) is 3.08. The van der Waals surface area contributed by atoms with Crippen molar-refractivity contribution in [3.63, 3.8) is 0 Å². The van der Waals surface area contributed by atoms with Crippen molar-refractivity contribution < 1.29 is 5.11 Å². The van der Waals surface area contributed by atoms with Crippen LogP contribution in [0.1, 0.15) is 43.8 Å². The summed E-state index contributed by atoms with van der Waals surface area (Å²) in [4.78, 5) is 0. The molecule has 4 nitrogen and oxygen atoms in total. The van der Waals surface area contributed by atoms with Crippen LogP contribution in [0.25, 0.3) is 0 Å². The van der Waals surface area contributed by atoms with Crippen molar-refractivity contribution in [2.75, 3.05) is 5.73 Å². The van der Waals surface area contributed by atoms with E-state index in [0.29, 0.717) is 11.7 Å². The Kier molecular flexibility index (Phi) is 2.62. The van der Waals surface area contributed by atoms with Gasteiger partial charge in [-0.2, -0.15) is 5.10 Å². The summed E-state index contributed by atoms with van der Waals surface area (Å²) < 4.78 is 1.62. The fourth-order valence-corrected chi connectivity index (χ4v) is 3.80. The average molecular weight is 235 g/mol. The summed E-state index contributed by atoms with van der Waals surface area (Å²) in [7, 11) is 1.81. The normalized spacial score (nSPS) is 33.2. The third-order valence-corrected chi connectivity index (χ3v) is 4.78. The first kappa shape index (κ1) is 11.1. The Balaban J connectivity index is 1.67. The van der Waals surface area contributed by atoms with E-state index in [2.05, 4.69) is 5.10 Å². The molecule has 0 aliphatic heterocycles. The Morgan fingerprint density at radius 2 is 2.35 bits per heavy atom. The fourth-order valence-electron chi connectivity index (χ4n) is 3.80. The highest BCUT2D eigenvalue weighted by atomic mass is 16.3. The van der Waals surface area contributed by atoms with E-state index in [1.54, 1.807) is 10.9 Å². The molecule has 3 rings (SSSR count). The van der Waals surface area contributed by atoms with Gasteiger partial charge >= 0.3 is 0 Å². The van der Waals surface area contributed by atoms with Crippen LogP contribution < -0.4 is 5.73 Å². The van der Waals surface area contributed by atoms with Crippen LogP contribution in [0.4, 0.5) is 5.82 Å². The Labute approximate surface area is 102 Å². The number of nitrogens with zero attached hydrogens (tertiary/aromatic N) is 2. The molecule has 4 atom stereocenters. The number of hydrogen-bond donors (Lipinski definition) is 2. The van der Waals surface area contributed by atoms with Crippen molar-refractivity contribution in [1.82, 2.24) is 9.78 Å². The van der Waals surface area contributed by atoms with Crippen molar-refractivity contribution in [3.8, 4) is 0 Å². The van der Waals surface area contributed by atoms with Crippen LogP contribution in [-0.2, 0) is 7.05 Å². The van der Waals surface area contributed by atoms with E-state index < -0.39 is 6.10 Å². The van der Waals surface area contributed by atoms with Gasteiger partial charge in [0, 0.05) is 12.6 Å². The van der Waals surface area contributed by atoms with E-state index in [0.717, 1.165) is 23.8 Å². The first-order valence-electron chi connectivity index (χ1n) is 6.60. The fraction of sp³-hybridized carbons (Fsp3) is 0.769. The highest BCUT2D eigenvalue weighted by Gasteiger charge is 2.40. The summed E-state index contributed by atoms with van der Waals surface area (Å²) in [5.41, 5.74) is 6.70. The minimum Gasteiger partial charge on any atom is -0.388 e. The van der Waals surface area contributed by atoms with Gasteiger partial charge in [0.25, 0.3) is 0 Å². The summed E-state index contributed by atoms with van der Waals surface area (Å²) in [6, 6.07) is 0. The number of aryl methyl sites for hydroxylation is 1. The molecule has 3 N–H and O–H groups in total. The number of fused-ring (bicyclic) bond motifs is 2. The molecule has 2 aliphatic rings. The summed E-state index contributed by atoms with van der Waals surface area (Å²) in [6.07, 6.45) is 7.59. The lowest BCUT2D eigenvalue weighted by molar-refractivity contribution is 0.126. The Bertz CT molecular complexity index is 415. The van der Waals surface area contributed by atoms with Crippen molar-refractivity contribution in [3.05, 3.63) is 11.8 Å². The van der Waals surface area contributed by atoms with Gasteiger partial charge in [0.05, 0.1) is 12.3 Å². The monoisotopic (exact) mass is 235 g/mol. The molecule has 0 radical (unpaired) electrons. The minimum absolute atomic E-state index is 0.437. The largest absolute Gasteiger partial charge is 0.388 e. The van der Waals surface area contributed by atoms with Crippen LogP contribution >= 0.6 is 0 Å². The maximum atomic E-state index is 10.3. The SMILES string of the molecule is Cn1ncc(C(O)CC2CC3CCC2C3)c1N. The maximum Gasteiger partial charge on any atom is 0.127 e. The van der Waals surface area contributed by atoms with Crippen LogP contribution in [0.3, 0.4) is 0 Å². The van der Waals surface area contributed by atoms with Crippen molar-refractivity contribution in [2.24, 2.45) is 24.8 Å². The summed E-state index contributed by atoms with van der Waals surface area (Å²) in [5, 5.41) is 14.4. The van der Waals surface area contributed by atoms with Gasteiger partial charge in [-0.25, -0.2) is 0 Å². The molecule has 94 valence electrons. The van der Waals surface area contributed by atoms with Crippen LogP contribution in [-0.4, -0.2) is 14.9 Å². The van der Waals surface area contributed by atoms with Gasteiger partial charge in [-0.1, -0.05) is 6.42 Å². The van der Waals surface area contributed by atoms with E-state index in [1.807, 2.05) is 7.05 Å². The van der Waals surface area contributed by atoms with Crippen LogP contribution in [0.15, 0.2) is 6.20 Å². The van der Waals surface area contributed by atoms with Gasteiger partial charge in [0.1, 0.15) is 5.82 Å². The molecule has 4 unspecified atom stereocenters. The van der Waals surface area contributed by atoms with Gasteiger partial charge in [-0.05, 0) is 43.4 Å². The van der Waals surface area contributed by atoms with Gasteiger partial charge in [0.2, 0.25) is 0 Å². The molecule has 4 heteroatoms. The predicted octanol–water partition coefficient (Wildman–Crippen LogP) is 1.86. The number of aliphatic hydroxyl groups is 1. The lowest BCUT2D eigenvalue weighted by atomic mass is 9.84. The molecule has 17 heavy (non-hydrogen) atoms. The van der Waals surface area contributed by atoms with Crippen LogP contribution in [0, 0.1) is 17.8 Å². The molecule has 1 aromatic heterocycles. The lowest BCUT2D eigenvalue weighted by Gasteiger charge is -2.23. The first-order valence-corrected chi connectivity index (χ1v) is 6.60. The Morgan fingerprint density at radius 3 is 2.88 bits per heavy atom. The number of nitrogen functional groups attached to an aromatic ring is 1. The number of aromatic nitrogens is 2. The van der Waals surface area contributed by atoms with Gasteiger partial charge in [0.15, 0.2) is 0 Å². The van der Waals surface area contributed by atoms with E-state index in [4.69, 9.17) is 5.73 Å². The molecule has 0 amide bonds. The highest BCUT2D eigenvalue weighted by molar-refractivity contribution is 5.39. The van der Waals surface area contributed by atoms with Crippen LogP contribution in [0.2, 0.25) is 0 Å². The zero-order valence-electron chi connectivity index (χ0n) is 10.3. The molecule has 2 bridgehead atoms. The molecule has 1 heterocycles. The molecule has 0 saturated heterocycles. The zero-order chi connectivity index (χ0) is 12.0. The topological polar surface area (TPSA) is 64.1 Å². The number of aliphatic hydroxyl groups excluding tert-OH is 1. The predicted molar refractivity (Wildman–Crippen MR) is 66.1 cm³/mol. The van der Waals surface area contributed by atoms with E-state index in [1.165, 1.54) is 25.7 Å². The standard InChI is InChI=1S/C13H21N3O/c1-16-13(14)11(7-15-16)12(17)6-10-5-8-2-3-9(10)4-8/h7-10,12,17H,2-6,14H2,1H3. The van der Waals surface area contributed by atoms with Crippen LogP contribution in [0.5, 0.6) is 0 Å². The van der Waals surface area contributed by atoms with E-state index in [-0.39, 0.29) is 0 Å². The number of rotatable bonds is 3. The molecular weight excluding hydrogens is 214 g/mol. The lowest BCUT2D eigenvalue weighted by Crippen LogP contribution is -2.15. The summed E-state index contributed by atoms with van der Waals surface area (Å²) >= 11 is 0. The van der Waals surface area contributed by atoms with Crippen molar-refractivity contribution in [2.45, 2.75) is 38.2 Å². The van der Waals surface area contributed by atoms with Crippen molar-refractivity contribution in [1.29, 1.82) is 0 Å². The highest BCUT2D eigenvalue weighted by Crippen LogP contribution is 2.51. The number of hydrogen-bond acceptors (Lipinski definition) is 3. The number of anilines is 1. The first-order chi connectivity index (χ1) is 8.15. The zero-order valence-corrected chi connectivity index (χ0v) is 10.3. The smallest absolute Gasteiger partial charge is 0.127 e.